The zero-order chi connectivity index (χ0) is 20.2. The molecule has 0 radical (unpaired) electrons. The summed E-state index contributed by atoms with van der Waals surface area (Å²) in [4.78, 5) is 4.05. The number of methoxy groups -OCH3 is 2. The van der Waals surface area contributed by atoms with Gasteiger partial charge in [0.2, 0.25) is 0 Å². The molecule has 2 aromatic rings. The summed E-state index contributed by atoms with van der Waals surface area (Å²) >= 11 is 10.3. The highest BCUT2D eigenvalue weighted by Gasteiger charge is 2.07. The van der Waals surface area contributed by atoms with Gasteiger partial charge < -0.3 is 19.3 Å². The van der Waals surface area contributed by atoms with Crippen LogP contribution in [0.3, 0.4) is 0 Å². The van der Waals surface area contributed by atoms with Gasteiger partial charge in [-0.3, -0.25) is 0 Å². The van der Waals surface area contributed by atoms with E-state index in [9.17, 15) is 0 Å². The molecule has 0 unspecified atom stereocenters. The van der Waals surface area contributed by atoms with Crippen LogP contribution in [0.4, 0.5) is 11.4 Å². The van der Waals surface area contributed by atoms with Gasteiger partial charge in [-0.05, 0) is 68.2 Å². The highest BCUT2D eigenvalue weighted by atomic mass is 33.7. The molecular weight excluding hydrogens is 469 g/mol. The van der Waals surface area contributed by atoms with Gasteiger partial charge in [-0.15, -0.1) is 0 Å². The number of nitrogens with zero attached hydrogens (tertiary/aromatic N) is 2. The molecule has 0 heterocycles. The minimum atomic E-state index is 0.767. The number of hydrogen-bond acceptors (Lipinski definition) is 8. The molecule has 0 aromatic heterocycles. The number of thiocarbonyl (C=S) groups is 2. The minimum Gasteiger partial charge on any atom is -0.497 e. The molecule has 0 aliphatic carbocycles. The molecule has 2 aromatic carbocycles. The number of hydrogen-bond donors (Lipinski definition) is 0. The fourth-order valence-corrected chi connectivity index (χ4v) is 8.27. The Morgan fingerprint density at radius 2 is 1.07 bits per heavy atom. The first-order valence-electron chi connectivity index (χ1n) is 8.01. The molecule has 0 N–H and O–H groups in total. The van der Waals surface area contributed by atoms with Crippen LogP contribution in [0.1, 0.15) is 0 Å². The maximum Gasteiger partial charge on any atom is 0.119 e. The maximum absolute atomic E-state index is 5.19. The van der Waals surface area contributed by atoms with Crippen molar-refractivity contribution in [2.75, 3.05) is 35.8 Å². The molecule has 0 amide bonds. The van der Waals surface area contributed by atoms with E-state index in [4.69, 9.17) is 33.9 Å². The van der Waals surface area contributed by atoms with E-state index in [1.54, 1.807) is 66.4 Å². The van der Waals surface area contributed by atoms with Crippen molar-refractivity contribution >= 4 is 88.0 Å². The number of rotatable bonds is 13. The van der Waals surface area contributed by atoms with Crippen LogP contribution in [0, 0.1) is 0 Å². The Morgan fingerprint density at radius 1 is 0.714 bits per heavy atom. The molecule has 0 spiro atoms. The van der Waals surface area contributed by atoms with E-state index in [-0.39, 0.29) is 0 Å². The molecule has 0 fully saturated rings. The molecule has 10 heteroatoms. The fourth-order valence-electron chi connectivity index (χ4n) is 2.07. The zero-order valence-corrected chi connectivity index (χ0v) is 20.2. The molecule has 0 aliphatic heterocycles. The second kappa shape index (κ2) is 13.4. The highest BCUT2D eigenvalue weighted by molar-refractivity contribution is 9.26. The molecular formula is C18H20N2O2S6. The van der Waals surface area contributed by atoms with Gasteiger partial charge in [-0.25, -0.2) is 0 Å². The van der Waals surface area contributed by atoms with Crippen molar-refractivity contribution in [2.45, 2.75) is 0 Å². The summed E-state index contributed by atoms with van der Waals surface area (Å²) in [6, 6.07) is 15.7. The largest absolute Gasteiger partial charge is 0.497 e. The Bertz CT molecular complexity index is 666. The van der Waals surface area contributed by atoms with E-state index in [2.05, 4.69) is 0 Å². The van der Waals surface area contributed by atoms with Gasteiger partial charge in [0.05, 0.1) is 37.0 Å². The van der Waals surface area contributed by atoms with Crippen molar-refractivity contribution in [1.29, 1.82) is 0 Å². The number of anilines is 2. The molecule has 2 rings (SSSR count). The molecule has 0 bridgehead atoms. The minimum absolute atomic E-state index is 0.767. The van der Waals surface area contributed by atoms with Crippen molar-refractivity contribution in [3.8, 4) is 11.5 Å². The summed E-state index contributed by atoms with van der Waals surface area (Å²) in [7, 11) is 10.2. The van der Waals surface area contributed by atoms with Gasteiger partial charge in [0.1, 0.15) is 11.5 Å². The van der Waals surface area contributed by atoms with Crippen molar-refractivity contribution in [3.63, 3.8) is 0 Å². The Labute approximate surface area is 192 Å². The molecule has 4 nitrogen and oxygen atoms in total. The molecule has 0 saturated carbocycles. The van der Waals surface area contributed by atoms with E-state index >= 15 is 0 Å². The lowest BCUT2D eigenvalue weighted by atomic mass is 10.3. The predicted octanol–water partition coefficient (Wildman–Crippen LogP) is 6.52. The van der Waals surface area contributed by atoms with Crippen LogP contribution in [-0.2, 0) is 0 Å². The zero-order valence-electron chi connectivity index (χ0n) is 15.3. The standard InChI is InChI=1S/C18H20N2O2S6/c1-21-17-7-3-15(4-8-17)19(11-23)13-25-27-28-26-14-20(12-24)16-5-9-18(22-2)10-6-16/h3-12H,13-14H2,1-2H3. The average Bonchev–Trinajstić information content (AvgIpc) is 2.76. The van der Waals surface area contributed by atoms with Crippen molar-refractivity contribution in [3.05, 3.63) is 48.5 Å². The maximum atomic E-state index is 5.19. The van der Waals surface area contributed by atoms with Crippen LogP contribution in [0.5, 0.6) is 11.5 Å². The van der Waals surface area contributed by atoms with Gasteiger partial charge in [0.15, 0.2) is 0 Å². The normalized spacial score (nSPS) is 10.2. The third kappa shape index (κ3) is 7.57. The lowest BCUT2D eigenvalue weighted by molar-refractivity contribution is 0.414. The SMILES string of the molecule is COc1ccc(N(C=S)CSSSSCN(C=S)c2ccc(OC)cc2)cc1. The molecule has 0 atom stereocenters. The molecule has 150 valence electrons. The van der Waals surface area contributed by atoms with E-state index in [0.717, 1.165) is 34.6 Å². The van der Waals surface area contributed by atoms with E-state index in [0.29, 0.717) is 0 Å². The molecule has 0 aliphatic rings. The van der Waals surface area contributed by atoms with Crippen LogP contribution in [-0.4, -0.2) is 37.0 Å². The molecule has 28 heavy (non-hydrogen) atoms. The summed E-state index contributed by atoms with van der Waals surface area (Å²) in [6.07, 6.45) is 0. The topological polar surface area (TPSA) is 24.9 Å². The predicted molar refractivity (Wildman–Crippen MR) is 138 cm³/mol. The average molecular weight is 489 g/mol. The quantitative estimate of drug-likeness (QED) is 0.134. The second-order valence-electron chi connectivity index (χ2n) is 5.18. The van der Waals surface area contributed by atoms with Gasteiger partial charge >= 0.3 is 0 Å². The van der Waals surface area contributed by atoms with Gasteiger partial charge in [0.25, 0.3) is 0 Å². The van der Waals surface area contributed by atoms with E-state index in [1.165, 1.54) is 0 Å². The Balaban J connectivity index is 1.70. The van der Waals surface area contributed by atoms with Crippen LogP contribution in [0.25, 0.3) is 0 Å². The summed E-state index contributed by atoms with van der Waals surface area (Å²) in [5.74, 6) is 3.20. The Morgan fingerprint density at radius 3 is 1.36 bits per heavy atom. The number of ether oxygens (including phenoxy) is 2. The Hall–Kier alpha value is -0.780. The van der Waals surface area contributed by atoms with Crippen LogP contribution >= 0.6 is 65.7 Å². The van der Waals surface area contributed by atoms with Crippen LogP contribution in [0.15, 0.2) is 48.5 Å². The summed E-state index contributed by atoms with van der Waals surface area (Å²) < 4.78 is 10.4. The first-order valence-corrected chi connectivity index (χ1v) is 14.1. The fraction of sp³-hybridized carbons (Fsp3) is 0.222. The first kappa shape index (κ1) is 23.5. The van der Waals surface area contributed by atoms with Crippen molar-refractivity contribution in [2.24, 2.45) is 0 Å². The monoisotopic (exact) mass is 488 g/mol. The van der Waals surface area contributed by atoms with Crippen LogP contribution in [0.2, 0.25) is 0 Å². The van der Waals surface area contributed by atoms with Crippen molar-refractivity contribution in [1.82, 2.24) is 0 Å². The van der Waals surface area contributed by atoms with E-state index in [1.807, 2.05) is 58.3 Å². The number of benzene rings is 2. The lowest BCUT2D eigenvalue weighted by Crippen LogP contribution is -2.18. The smallest absolute Gasteiger partial charge is 0.119 e. The van der Waals surface area contributed by atoms with Crippen molar-refractivity contribution < 1.29 is 9.47 Å². The van der Waals surface area contributed by atoms with Gasteiger partial charge in [0, 0.05) is 11.4 Å². The highest BCUT2D eigenvalue weighted by Crippen LogP contribution is 2.43. The Kier molecular flexibility index (Phi) is 11.3. The summed E-state index contributed by atoms with van der Waals surface area (Å²) in [5.41, 5.74) is 5.44. The third-order valence-corrected chi connectivity index (χ3v) is 10.2. The second-order valence-corrected chi connectivity index (χ2v) is 11.5. The third-order valence-electron chi connectivity index (χ3n) is 3.57. The van der Waals surface area contributed by atoms with Gasteiger partial charge in [-0.1, -0.05) is 46.0 Å². The van der Waals surface area contributed by atoms with Gasteiger partial charge in [-0.2, -0.15) is 0 Å². The molecule has 0 saturated heterocycles. The summed E-state index contributed by atoms with van der Waals surface area (Å²) in [6.45, 7) is 0. The lowest BCUT2D eigenvalue weighted by Gasteiger charge is -2.19. The summed E-state index contributed by atoms with van der Waals surface area (Å²) in [5, 5.41) is 0. The first-order chi connectivity index (χ1) is 13.7. The van der Waals surface area contributed by atoms with E-state index < -0.39 is 0 Å². The van der Waals surface area contributed by atoms with Crippen LogP contribution < -0.4 is 19.3 Å².